The summed E-state index contributed by atoms with van der Waals surface area (Å²) < 4.78 is 5.82. The van der Waals surface area contributed by atoms with Crippen molar-refractivity contribution in [1.29, 1.82) is 0 Å². The van der Waals surface area contributed by atoms with Crippen LogP contribution in [0.2, 0.25) is 0 Å². The van der Waals surface area contributed by atoms with Gasteiger partial charge in [-0.3, -0.25) is 9.59 Å². The summed E-state index contributed by atoms with van der Waals surface area (Å²) in [4.78, 5) is 22.7. The molecular formula is C14H17BrN2O4. The van der Waals surface area contributed by atoms with Crippen molar-refractivity contribution in [2.45, 2.75) is 12.8 Å². The van der Waals surface area contributed by atoms with Gasteiger partial charge in [-0.1, -0.05) is 0 Å². The number of hydrogen-bond donors (Lipinski definition) is 3. The third-order valence-electron chi connectivity index (χ3n) is 3.77. The van der Waals surface area contributed by atoms with E-state index in [1.54, 1.807) is 18.2 Å². The van der Waals surface area contributed by atoms with Crippen LogP contribution in [0.25, 0.3) is 0 Å². The van der Waals surface area contributed by atoms with Gasteiger partial charge in [-0.2, -0.15) is 0 Å². The Bertz CT molecular complexity index is 556. The molecule has 1 aromatic carbocycles. The molecule has 114 valence electrons. The summed E-state index contributed by atoms with van der Waals surface area (Å²) in [5.74, 6) is -1.33. The van der Waals surface area contributed by atoms with E-state index >= 15 is 0 Å². The molecule has 1 saturated heterocycles. The summed E-state index contributed by atoms with van der Waals surface area (Å²) in [5.41, 5.74) is 5.55. The fourth-order valence-corrected chi connectivity index (χ4v) is 2.90. The third-order valence-corrected chi connectivity index (χ3v) is 4.43. The fraction of sp³-hybridized carbons (Fsp3) is 0.429. The molecule has 0 aliphatic carbocycles. The van der Waals surface area contributed by atoms with E-state index in [1.165, 1.54) is 0 Å². The number of carboxylic acids is 1. The molecule has 2 rings (SSSR count). The van der Waals surface area contributed by atoms with Gasteiger partial charge in [0.1, 0.15) is 0 Å². The standard InChI is InChI=1S/C14H17BrN2O4/c15-11-7-9(1-2-10(11)12(16)18)17-8-14(13(19)20)3-5-21-6-4-14/h1-2,7,17H,3-6,8H2,(H2,16,18)(H,19,20). The number of benzene rings is 1. The van der Waals surface area contributed by atoms with E-state index < -0.39 is 17.3 Å². The molecule has 0 unspecified atom stereocenters. The largest absolute Gasteiger partial charge is 0.481 e. The van der Waals surface area contributed by atoms with Gasteiger partial charge in [-0.25, -0.2) is 0 Å². The molecule has 0 radical (unpaired) electrons. The lowest BCUT2D eigenvalue weighted by molar-refractivity contribution is -0.153. The molecule has 0 saturated carbocycles. The van der Waals surface area contributed by atoms with Gasteiger partial charge >= 0.3 is 5.97 Å². The summed E-state index contributed by atoms with van der Waals surface area (Å²) >= 11 is 3.28. The topological polar surface area (TPSA) is 102 Å². The van der Waals surface area contributed by atoms with Gasteiger partial charge in [0.25, 0.3) is 0 Å². The number of carbonyl (C=O) groups excluding carboxylic acids is 1. The Kier molecular flexibility index (Phi) is 4.84. The first-order chi connectivity index (χ1) is 9.94. The van der Waals surface area contributed by atoms with Crippen molar-refractivity contribution < 1.29 is 19.4 Å². The zero-order valence-electron chi connectivity index (χ0n) is 11.4. The molecule has 1 amide bonds. The van der Waals surface area contributed by atoms with Crippen LogP contribution in [0.4, 0.5) is 5.69 Å². The van der Waals surface area contributed by atoms with E-state index in [9.17, 15) is 14.7 Å². The van der Waals surface area contributed by atoms with Gasteiger partial charge in [-0.15, -0.1) is 0 Å². The van der Waals surface area contributed by atoms with E-state index in [-0.39, 0.29) is 0 Å². The number of primary amides is 1. The average Bonchev–Trinajstić information content (AvgIpc) is 2.45. The van der Waals surface area contributed by atoms with E-state index in [2.05, 4.69) is 21.2 Å². The van der Waals surface area contributed by atoms with Crippen molar-refractivity contribution in [1.82, 2.24) is 0 Å². The highest BCUT2D eigenvalue weighted by atomic mass is 79.9. The predicted molar refractivity (Wildman–Crippen MR) is 81.3 cm³/mol. The lowest BCUT2D eigenvalue weighted by Gasteiger charge is -2.33. The molecule has 1 aliphatic heterocycles. The van der Waals surface area contributed by atoms with Crippen molar-refractivity contribution in [2.75, 3.05) is 25.1 Å². The molecule has 21 heavy (non-hydrogen) atoms. The second-order valence-corrected chi connectivity index (χ2v) is 5.96. The molecule has 1 aromatic rings. The first kappa shape index (κ1) is 15.8. The Morgan fingerprint density at radius 3 is 2.57 bits per heavy atom. The SMILES string of the molecule is NC(=O)c1ccc(NCC2(C(=O)O)CCOCC2)cc1Br. The Morgan fingerprint density at radius 2 is 2.05 bits per heavy atom. The van der Waals surface area contributed by atoms with Crippen molar-refractivity contribution >= 4 is 33.5 Å². The molecule has 1 heterocycles. The summed E-state index contributed by atoms with van der Waals surface area (Å²) in [6.45, 7) is 1.23. The lowest BCUT2D eigenvalue weighted by Crippen LogP contribution is -2.42. The highest BCUT2D eigenvalue weighted by Gasteiger charge is 2.40. The van der Waals surface area contributed by atoms with E-state index in [0.717, 1.165) is 5.69 Å². The van der Waals surface area contributed by atoms with Crippen molar-refractivity contribution in [3.8, 4) is 0 Å². The van der Waals surface area contributed by atoms with Crippen molar-refractivity contribution in [3.05, 3.63) is 28.2 Å². The number of carboxylic acid groups (broad SMARTS) is 1. The van der Waals surface area contributed by atoms with E-state index in [4.69, 9.17) is 10.5 Å². The number of nitrogens with one attached hydrogen (secondary N) is 1. The maximum atomic E-state index is 11.5. The smallest absolute Gasteiger partial charge is 0.311 e. The third kappa shape index (κ3) is 3.54. The Labute approximate surface area is 130 Å². The summed E-state index contributed by atoms with van der Waals surface area (Å²) in [6, 6.07) is 5.03. The van der Waals surface area contributed by atoms with Gasteiger partial charge in [-0.05, 0) is 47.0 Å². The molecule has 4 N–H and O–H groups in total. The lowest BCUT2D eigenvalue weighted by atomic mass is 9.80. The number of carbonyl (C=O) groups is 2. The summed E-state index contributed by atoms with van der Waals surface area (Å²) in [7, 11) is 0. The summed E-state index contributed by atoms with van der Waals surface area (Å²) in [5, 5.41) is 12.6. The quantitative estimate of drug-likeness (QED) is 0.746. The minimum atomic E-state index is -0.814. The fourth-order valence-electron chi connectivity index (χ4n) is 2.32. The Morgan fingerprint density at radius 1 is 1.38 bits per heavy atom. The Hall–Kier alpha value is -1.60. The van der Waals surface area contributed by atoms with Crippen LogP contribution >= 0.6 is 15.9 Å². The maximum absolute atomic E-state index is 11.5. The van der Waals surface area contributed by atoms with Crippen LogP contribution in [0.15, 0.2) is 22.7 Å². The zero-order chi connectivity index (χ0) is 15.5. The molecule has 1 fully saturated rings. The minimum absolute atomic E-state index is 0.314. The maximum Gasteiger partial charge on any atom is 0.311 e. The normalized spacial score (nSPS) is 17.2. The van der Waals surface area contributed by atoms with Crippen LogP contribution in [0.3, 0.4) is 0 Å². The second kappa shape index (κ2) is 6.44. The highest BCUT2D eigenvalue weighted by molar-refractivity contribution is 9.10. The number of anilines is 1. The highest BCUT2D eigenvalue weighted by Crippen LogP contribution is 2.31. The second-order valence-electron chi connectivity index (χ2n) is 5.11. The monoisotopic (exact) mass is 356 g/mol. The number of ether oxygens (including phenoxy) is 1. The molecular weight excluding hydrogens is 340 g/mol. The predicted octanol–water partition coefficient (Wildman–Crippen LogP) is 1.84. The van der Waals surface area contributed by atoms with Crippen molar-refractivity contribution in [3.63, 3.8) is 0 Å². The molecule has 7 heteroatoms. The van der Waals surface area contributed by atoms with Crippen LogP contribution in [0.1, 0.15) is 23.2 Å². The first-order valence-electron chi connectivity index (χ1n) is 6.59. The van der Waals surface area contributed by atoms with Gasteiger partial charge in [0.15, 0.2) is 0 Å². The number of rotatable bonds is 5. The summed E-state index contributed by atoms with van der Waals surface area (Å²) in [6.07, 6.45) is 0.964. The van der Waals surface area contributed by atoms with Crippen LogP contribution in [0, 0.1) is 5.41 Å². The first-order valence-corrected chi connectivity index (χ1v) is 7.38. The Balaban J connectivity index is 2.09. The number of hydrogen-bond acceptors (Lipinski definition) is 4. The van der Waals surface area contributed by atoms with Gasteiger partial charge < -0.3 is 20.9 Å². The van der Waals surface area contributed by atoms with Gasteiger partial charge in [0.2, 0.25) is 5.91 Å². The minimum Gasteiger partial charge on any atom is -0.481 e. The van der Waals surface area contributed by atoms with Crippen LogP contribution in [0.5, 0.6) is 0 Å². The number of aliphatic carboxylic acids is 1. The number of halogens is 1. The molecule has 0 bridgehead atoms. The van der Waals surface area contributed by atoms with Crippen LogP contribution in [-0.2, 0) is 9.53 Å². The van der Waals surface area contributed by atoms with Gasteiger partial charge in [0, 0.05) is 29.9 Å². The van der Waals surface area contributed by atoms with E-state index in [0.29, 0.717) is 42.6 Å². The molecule has 0 spiro atoms. The molecule has 0 aromatic heterocycles. The molecule has 6 nitrogen and oxygen atoms in total. The zero-order valence-corrected chi connectivity index (χ0v) is 13.0. The van der Waals surface area contributed by atoms with Crippen LogP contribution in [-0.4, -0.2) is 36.7 Å². The molecule has 1 aliphatic rings. The van der Waals surface area contributed by atoms with E-state index in [1.807, 2.05) is 0 Å². The van der Waals surface area contributed by atoms with Crippen LogP contribution < -0.4 is 11.1 Å². The van der Waals surface area contributed by atoms with Gasteiger partial charge in [0.05, 0.1) is 11.0 Å². The number of nitrogens with two attached hydrogens (primary N) is 1. The molecule has 0 atom stereocenters. The van der Waals surface area contributed by atoms with Crippen molar-refractivity contribution in [2.24, 2.45) is 11.1 Å². The number of amides is 1. The average molecular weight is 357 g/mol.